The quantitative estimate of drug-likeness (QED) is 0.240. The van der Waals surface area contributed by atoms with E-state index in [-0.39, 0.29) is 17.8 Å². The molecule has 0 aliphatic carbocycles. The molecular formula is C32H34FN3O3. The number of hydrogen-bond acceptors (Lipinski definition) is 4. The molecule has 6 nitrogen and oxygen atoms in total. The summed E-state index contributed by atoms with van der Waals surface area (Å²) in [6.07, 6.45) is 2.53. The van der Waals surface area contributed by atoms with Crippen LogP contribution in [0.5, 0.6) is 11.6 Å². The molecule has 1 saturated heterocycles. The van der Waals surface area contributed by atoms with E-state index in [2.05, 4.69) is 0 Å². The van der Waals surface area contributed by atoms with Gasteiger partial charge in [0.05, 0.1) is 29.6 Å². The van der Waals surface area contributed by atoms with Crippen molar-refractivity contribution in [2.75, 3.05) is 13.2 Å². The molecule has 1 aliphatic rings. The number of rotatable bonds is 9. The number of ether oxygens (including phenoxy) is 2. The van der Waals surface area contributed by atoms with Gasteiger partial charge in [-0.15, -0.1) is 0 Å². The molecule has 1 aliphatic heterocycles. The van der Waals surface area contributed by atoms with Crippen LogP contribution in [0, 0.1) is 19.7 Å². The van der Waals surface area contributed by atoms with Crippen molar-refractivity contribution in [1.29, 1.82) is 0 Å². The molecule has 3 aromatic carbocycles. The predicted octanol–water partition coefficient (Wildman–Crippen LogP) is 6.80. The topological polar surface area (TPSA) is 56.6 Å². The number of hydrogen-bond donors (Lipinski definition) is 0. The first-order valence-electron chi connectivity index (χ1n) is 13.5. The van der Waals surface area contributed by atoms with Crippen molar-refractivity contribution in [3.63, 3.8) is 0 Å². The first kappa shape index (κ1) is 26.6. The molecule has 2 heterocycles. The highest BCUT2D eigenvalue weighted by atomic mass is 19.1. The fourth-order valence-electron chi connectivity index (χ4n) is 4.90. The second kappa shape index (κ2) is 11.8. The maximum Gasteiger partial charge on any atom is 0.254 e. The van der Waals surface area contributed by atoms with Crippen molar-refractivity contribution >= 4 is 5.91 Å². The summed E-state index contributed by atoms with van der Waals surface area (Å²) in [7, 11) is 0. The van der Waals surface area contributed by atoms with Crippen LogP contribution in [0.15, 0.2) is 72.8 Å². The number of carbonyl (C=O) groups is 1. The lowest BCUT2D eigenvalue weighted by atomic mass is 10.1. The van der Waals surface area contributed by atoms with Crippen molar-refractivity contribution < 1.29 is 18.7 Å². The van der Waals surface area contributed by atoms with Gasteiger partial charge >= 0.3 is 0 Å². The van der Waals surface area contributed by atoms with Crippen LogP contribution in [-0.2, 0) is 17.7 Å². The second-order valence-electron chi connectivity index (χ2n) is 10.1. The summed E-state index contributed by atoms with van der Waals surface area (Å²) in [5.41, 5.74) is 5.10. The van der Waals surface area contributed by atoms with E-state index in [1.807, 2.05) is 74.2 Å². The highest BCUT2D eigenvalue weighted by molar-refractivity contribution is 5.94. The average Bonchev–Trinajstić information content (AvgIpc) is 3.57. The zero-order valence-corrected chi connectivity index (χ0v) is 22.7. The third kappa shape index (κ3) is 6.20. The molecule has 1 atom stereocenters. The molecule has 0 bridgehead atoms. The van der Waals surface area contributed by atoms with Gasteiger partial charge in [0.15, 0.2) is 0 Å². The van der Waals surface area contributed by atoms with Gasteiger partial charge in [0.2, 0.25) is 5.88 Å². The number of aromatic nitrogens is 2. The largest absolute Gasteiger partial charge is 0.439 e. The van der Waals surface area contributed by atoms with Gasteiger partial charge in [0.1, 0.15) is 11.6 Å². The minimum atomic E-state index is -0.325. The Labute approximate surface area is 229 Å². The maximum absolute atomic E-state index is 13.8. The Morgan fingerprint density at radius 2 is 1.85 bits per heavy atom. The molecule has 0 N–H and O–H groups in total. The van der Waals surface area contributed by atoms with Crippen LogP contribution in [0.3, 0.4) is 0 Å². The van der Waals surface area contributed by atoms with E-state index >= 15 is 0 Å². The third-order valence-electron chi connectivity index (χ3n) is 7.01. The number of amides is 1. The van der Waals surface area contributed by atoms with E-state index in [1.54, 1.807) is 16.8 Å². The Hall–Kier alpha value is -3.97. The fourth-order valence-corrected chi connectivity index (χ4v) is 4.90. The number of benzene rings is 3. The van der Waals surface area contributed by atoms with E-state index in [4.69, 9.17) is 14.6 Å². The molecule has 0 saturated carbocycles. The smallest absolute Gasteiger partial charge is 0.254 e. The van der Waals surface area contributed by atoms with E-state index in [0.29, 0.717) is 49.0 Å². The zero-order valence-electron chi connectivity index (χ0n) is 22.7. The molecule has 202 valence electrons. The summed E-state index contributed by atoms with van der Waals surface area (Å²) in [5.74, 6) is 0.786. The van der Waals surface area contributed by atoms with Gasteiger partial charge in [-0.05, 0) is 87.2 Å². The Morgan fingerprint density at radius 3 is 2.51 bits per heavy atom. The van der Waals surface area contributed by atoms with Gasteiger partial charge in [0.25, 0.3) is 5.91 Å². The summed E-state index contributed by atoms with van der Waals surface area (Å²) in [5, 5.41) is 4.88. The molecular weight excluding hydrogens is 493 g/mol. The van der Waals surface area contributed by atoms with Crippen LogP contribution in [-0.4, -0.2) is 39.8 Å². The maximum atomic E-state index is 13.8. The van der Waals surface area contributed by atoms with Gasteiger partial charge in [-0.2, -0.15) is 5.10 Å². The first-order chi connectivity index (χ1) is 18.9. The van der Waals surface area contributed by atoms with Crippen LogP contribution in [0.1, 0.15) is 52.5 Å². The van der Waals surface area contributed by atoms with Gasteiger partial charge in [-0.3, -0.25) is 4.79 Å². The zero-order chi connectivity index (χ0) is 27.4. The lowest BCUT2D eigenvalue weighted by molar-refractivity contribution is 0.0505. The lowest BCUT2D eigenvalue weighted by Crippen LogP contribution is -2.37. The molecule has 0 unspecified atom stereocenters. The molecule has 1 amide bonds. The van der Waals surface area contributed by atoms with E-state index < -0.39 is 0 Å². The lowest BCUT2D eigenvalue weighted by Gasteiger charge is -2.26. The highest BCUT2D eigenvalue weighted by Gasteiger charge is 2.28. The van der Waals surface area contributed by atoms with Crippen molar-refractivity contribution in [3.05, 3.63) is 107 Å². The van der Waals surface area contributed by atoms with Gasteiger partial charge in [-0.1, -0.05) is 36.8 Å². The molecule has 39 heavy (non-hydrogen) atoms. The van der Waals surface area contributed by atoms with E-state index in [1.165, 1.54) is 12.1 Å². The highest BCUT2D eigenvalue weighted by Crippen LogP contribution is 2.33. The number of halogens is 1. The molecule has 1 aromatic heterocycles. The summed E-state index contributed by atoms with van der Waals surface area (Å²) in [4.78, 5) is 15.7. The first-order valence-corrected chi connectivity index (χ1v) is 13.5. The van der Waals surface area contributed by atoms with E-state index in [9.17, 15) is 9.18 Å². The monoisotopic (exact) mass is 527 g/mol. The molecule has 1 fully saturated rings. The Bertz CT molecular complexity index is 1420. The van der Waals surface area contributed by atoms with Crippen LogP contribution >= 0.6 is 0 Å². The van der Waals surface area contributed by atoms with Crippen LogP contribution in [0.2, 0.25) is 0 Å². The summed E-state index contributed by atoms with van der Waals surface area (Å²) < 4.78 is 27.9. The van der Waals surface area contributed by atoms with Crippen molar-refractivity contribution in [2.24, 2.45) is 0 Å². The Kier molecular flexibility index (Phi) is 8.07. The standard InChI is InChI=1S/C32H34FN3O3/c1-4-30-29(21-35(20-28-9-6-18-38-28)31(37)24-12-10-22(2)11-13-24)32(39-27-8-5-7-23(3)19-27)36(34-30)26-16-14-25(33)15-17-26/h5,7-8,10-17,19,28H,4,6,9,18,20-21H2,1-3H3/t28-/m1/s1. The third-order valence-corrected chi connectivity index (χ3v) is 7.01. The van der Waals surface area contributed by atoms with Gasteiger partial charge < -0.3 is 14.4 Å². The average molecular weight is 528 g/mol. The van der Waals surface area contributed by atoms with Crippen LogP contribution in [0.25, 0.3) is 5.69 Å². The summed E-state index contributed by atoms with van der Waals surface area (Å²) >= 11 is 0. The van der Waals surface area contributed by atoms with Crippen molar-refractivity contribution in [2.45, 2.75) is 52.7 Å². The fraction of sp³-hybridized carbons (Fsp3) is 0.312. The van der Waals surface area contributed by atoms with Crippen molar-refractivity contribution in [1.82, 2.24) is 14.7 Å². The Balaban J connectivity index is 1.58. The van der Waals surface area contributed by atoms with Crippen molar-refractivity contribution in [3.8, 4) is 17.3 Å². The normalized spacial score (nSPS) is 14.9. The van der Waals surface area contributed by atoms with Gasteiger partial charge in [0, 0.05) is 18.7 Å². The van der Waals surface area contributed by atoms with Crippen LogP contribution < -0.4 is 4.74 Å². The summed E-state index contributed by atoms with van der Waals surface area (Å²) in [6, 6.07) is 21.6. The second-order valence-corrected chi connectivity index (χ2v) is 10.1. The molecule has 0 spiro atoms. The van der Waals surface area contributed by atoms with Crippen LogP contribution in [0.4, 0.5) is 4.39 Å². The predicted molar refractivity (Wildman–Crippen MR) is 149 cm³/mol. The number of aryl methyl sites for hydroxylation is 3. The Morgan fingerprint density at radius 1 is 1.08 bits per heavy atom. The van der Waals surface area contributed by atoms with E-state index in [0.717, 1.165) is 35.2 Å². The molecule has 4 aromatic rings. The number of carbonyl (C=O) groups excluding carboxylic acids is 1. The molecule has 0 radical (unpaired) electrons. The summed E-state index contributed by atoms with van der Waals surface area (Å²) in [6.45, 7) is 7.53. The van der Waals surface area contributed by atoms with Gasteiger partial charge in [-0.25, -0.2) is 9.07 Å². The number of nitrogens with zero attached hydrogens (tertiary/aromatic N) is 3. The molecule has 5 rings (SSSR count). The minimum Gasteiger partial charge on any atom is -0.439 e. The SMILES string of the molecule is CCc1nn(-c2ccc(F)cc2)c(Oc2cccc(C)c2)c1CN(C[C@H]1CCCO1)C(=O)c1ccc(C)cc1. The minimum absolute atomic E-state index is 0.0160. The molecule has 7 heteroatoms.